The summed E-state index contributed by atoms with van der Waals surface area (Å²) in [4.78, 5) is 66.2. The molecule has 2 aromatic rings. The van der Waals surface area contributed by atoms with Crippen molar-refractivity contribution in [2.45, 2.75) is 148 Å². The van der Waals surface area contributed by atoms with Gasteiger partial charge < -0.3 is 40.0 Å². The number of nitrogens with one attached hydrogen (secondary N) is 3. The van der Waals surface area contributed by atoms with Crippen molar-refractivity contribution in [3.05, 3.63) is 79.6 Å². The average Bonchev–Trinajstić information content (AvgIpc) is 3.60. The average molecular weight is 937 g/mol. The Morgan fingerprint density at radius 1 is 0.968 bits per heavy atom. The fraction of sp³-hybridized carbons (Fsp3) is 0.643. The first-order valence-corrected chi connectivity index (χ1v) is 28.5. The van der Waals surface area contributed by atoms with Crippen molar-refractivity contribution in [3.8, 4) is 0 Å². The highest BCUT2D eigenvalue weighted by Crippen LogP contribution is 2.52. The first-order chi connectivity index (χ1) is 28.9. The van der Waals surface area contributed by atoms with Crippen LogP contribution < -0.4 is 32.9 Å². The molecule has 21 heteroatoms. The quantitative estimate of drug-likeness (QED) is 0.0995. The third-order valence-electron chi connectivity index (χ3n) is 12.5. The number of aryl methyl sites for hydroxylation is 1. The van der Waals surface area contributed by atoms with Crippen molar-refractivity contribution >= 4 is 44.7 Å². The van der Waals surface area contributed by atoms with Gasteiger partial charge in [-0.1, -0.05) is 85.7 Å². The Kier molecular flexibility index (Phi) is 16.0. The summed E-state index contributed by atoms with van der Waals surface area (Å²) in [5.41, 5.74) is 4.18. The van der Waals surface area contributed by atoms with Crippen LogP contribution in [0.25, 0.3) is 0 Å². The second-order valence-electron chi connectivity index (χ2n) is 19.6. The Bertz CT molecular complexity index is 2250. The number of carbonyl (C=O) groups excluding carboxylic acids is 3. The zero-order valence-electron chi connectivity index (χ0n) is 38.9. The first-order valence-electron chi connectivity index (χ1n) is 21.2. The van der Waals surface area contributed by atoms with Gasteiger partial charge in [0.2, 0.25) is 11.8 Å². The molecular formula is C42H68N6O12SSi2. The number of hydrogen-bond acceptors (Lipinski definition) is 13. The molecule has 3 heterocycles. The number of nitrogens with two attached hydrogens (primary N) is 1. The van der Waals surface area contributed by atoms with E-state index in [2.05, 4.69) is 36.7 Å². The van der Waals surface area contributed by atoms with E-state index in [4.69, 9.17) is 28.2 Å². The SMILES string of the molecule is Cc1cn([C@@H]2O[C@H](CO[Si](C)(C)C(C)(C)C)[C@@]3(OS(=O)(=O)C=C3N)[C@H]2O[Si](C)(C)C(C)(C)C)c(=O)n(CCCNC(=O)CNC(=O)[C@@H](NC(=O)OCc2ccccc2)C(C)C)c1=O. The van der Waals surface area contributed by atoms with Crippen molar-refractivity contribution in [2.24, 2.45) is 11.7 Å². The van der Waals surface area contributed by atoms with Crippen molar-refractivity contribution in [1.29, 1.82) is 0 Å². The number of carbonyl (C=O) groups is 3. The first kappa shape index (κ1) is 51.5. The van der Waals surface area contributed by atoms with Gasteiger partial charge in [-0.25, -0.2) is 13.8 Å². The Morgan fingerprint density at radius 3 is 2.14 bits per heavy atom. The highest BCUT2D eigenvalue weighted by molar-refractivity contribution is 7.90. The second kappa shape index (κ2) is 19.5. The maximum absolute atomic E-state index is 14.4. The molecule has 0 aliphatic carbocycles. The van der Waals surface area contributed by atoms with Crippen molar-refractivity contribution in [3.63, 3.8) is 0 Å². The molecule has 1 aromatic carbocycles. The number of alkyl carbamates (subject to hydrolysis) is 1. The smallest absolute Gasteiger partial charge is 0.408 e. The van der Waals surface area contributed by atoms with E-state index >= 15 is 0 Å². The second-order valence-corrected chi connectivity index (χ2v) is 30.6. The Hall–Kier alpha value is -4.13. The number of benzene rings is 1. The third-order valence-corrected chi connectivity index (χ3v) is 22.5. The summed E-state index contributed by atoms with van der Waals surface area (Å²) < 4.78 is 60.0. The van der Waals surface area contributed by atoms with Crippen LogP contribution in [0.15, 0.2) is 57.2 Å². The molecule has 3 amide bonds. The molecule has 1 saturated heterocycles. The summed E-state index contributed by atoms with van der Waals surface area (Å²) in [5.74, 6) is -1.44. The van der Waals surface area contributed by atoms with Gasteiger partial charge in [-0.2, -0.15) is 8.42 Å². The molecule has 0 bridgehead atoms. The number of amides is 3. The molecule has 63 heavy (non-hydrogen) atoms. The zero-order chi connectivity index (χ0) is 47.5. The third kappa shape index (κ3) is 12.0. The standard InChI is InChI=1S/C42H68N6O12SSi2/c1-27(2)33(46-38(52)56-24-29-18-15-14-16-19-29)35(50)45-22-32(49)44-20-17-21-47-36(51)28(3)23-48(39(47)53)37-34(59-63(12,13)41(7,8)9)42(30(43)26-61(54,55)60-42)31(58-37)25-57-62(10,11)40(4,5)6/h14-16,18-19,23,26-27,31,33-34,37H,17,20-22,24-25,43H2,1-13H3,(H,44,49)(H,45,50)(H,46,52)/t31-,33+,34+,37-,42-/m1/s1. The van der Waals surface area contributed by atoms with E-state index in [1.807, 2.05) is 65.2 Å². The molecule has 2 aliphatic rings. The summed E-state index contributed by atoms with van der Waals surface area (Å²) in [7, 11) is -9.60. The van der Waals surface area contributed by atoms with Crippen LogP contribution in [0.2, 0.25) is 36.3 Å². The van der Waals surface area contributed by atoms with Crippen LogP contribution in [0.3, 0.4) is 0 Å². The number of aromatic nitrogens is 2. The van der Waals surface area contributed by atoms with Gasteiger partial charge in [-0.05, 0) is 61.1 Å². The van der Waals surface area contributed by atoms with E-state index in [0.717, 1.165) is 15.5 Å². The van der Waals surface area contributed by atoms with E-state index in [1.54, 1.807) is 32.9 Å². The van der Waals surface area contributed by atoms with Gasteiger partial charge in [-0.3, -0.25) is 23.5 Å². The van der Waals surface area contributed by atoms with Crippen LogP contribution in [0.4, 0.5) is 4.79 Å². The molecule has 352 valence electrons. The molecule has 0 radical (unpaired) electrons. The zero-order valence-corrected chi connectivity index (χ0v) is 41.8. The molecule has 5 N–H and O–H groups in total. The molecule has 1 fully saturated rings. The summed E-state index contributed by atoms with van der Waals surface area (Å²) in [5, 5.41) is 8.00. The van der Waals surface area contributed by atoms with Crippen LogP contribution in [-0.4, -0.2) is 95.6 Å². The molecule has 2 aliphatic heterocycles. The Labute approximate surface area is 373 Å². The van der Waals surface area contributed by atoms with E-state index in [-0.39, 0.29) is 60.0 Å². The van der Waals surface area contributed by atoms with Crippen LogP contribution in [-0.2, 0) is 55.4 Å². The predicted octanol–water partition coefficient (Wildman–Crippen LogP) is 4.10. The maximum Gasteiger partial charge on any atom is 0.408 e. The summed E-state index contributed by atoms with van der Waals surface area (Å²) in [6.45, 7) is 24.7. The fourth-order valence-corrected chi connectivity index (χ4v) is 10.1. The van der Waals surface area contributed by atoms with Gasteiger partial charge in [0.1, 0.15) is 24.9 Å². The highest BCUT2D eigenvalue weighted by atomic mass is 32.2. The topological polar surface area (TPSA) is 238 Å². The molecule has 1 aromatic heterocycles. The van der Waals surface area contributed by atoms with Gasteiger partial charge in [0.25, 0.3) is 15.7 Å². The van der Waals surface area contributed by atoms with E-state index < -0.39 is 92.5 Å². The summed E-state index contributed by atoms with van der Waals surface area (Å²) in [6.07, 6.45) is -3.03. The van der Waals surface area contributed by atoms with E-state index in [1.165, 1.54) is 10.8 Å². The molecule has 0 saturated carbocycles. The van der Waals surface area contributed by atoms with Gasteiger partial charge in [0.15, 0.2) is 28.5 Å². The minimum atomic E-state index is -4.32. The fourth-order valence-electron chi connectivity index (χ4n) is 6.58. The lowest BCUT2D eigenvalue weighted by Crippen LogP contribution is -2.59. The van der Waals surface area contributed by atoms with Crippen molar-refractivity contribution in [2.75, 3.05) is 19.7 Å². The number of rotatable bonds is 17. The predicted molar refractivity (Wildman–Crippen MR) is 243 cm³/mol. The van der Waals surface area contributed by atoms with Crippen LogP contribution in [0.1, 0.15) is 79.2 Å². The Morgan fingerprint density at radius 2 is 1.59 bits per heavy atom. The molecule has 1 spiro atoms. The van der Waals surface area contributed by atoms with Crippen LogP contribution >= 0.6 is 0 Å². The molecular weight excluding hydrogens is 869 g/mol. The van der Waals surface area contributed by atoms with Crippen molar-refractivity contribution < 1.29 is 45.3 Å². The maximum atomic E-state index is 14.4. The van der Waals surface area contributed by atoms with E-state index in [9.17, 15) is 32.4 Å². The molecule has 4 rings (SSSR count). The van der Waals surface area contributed by atoms with Crippen LogP contribution in [0.5, 0.6) is 0 Å². The van der Waals surface area contributed by atoms with Gasteiger partial charge in [0, 0.05) is 24.8 Å². The molecule has 5 atom stereocenters. The minimum Gasteiger partial charge on any atom is -0.445 e. The van der Waals surface area contributed by atoms with Gasteiger partial charge >= 0.3 is 11.8 Å². The number of ether oxygens (including phenoxy) is 2. The van der Waals surface area contributed by atoms with Crippen LogP contribution in [0, 0.1) is 12.8 Å². The highest BCUT2D eigenvalue weighted by Gasteiger charge is 2.67. The lowest BCUT2D eigenvalue weighted by atomic mass is 9.89. The largest absolute Gasteiger partial charge is 0.445 e. The monoisotopic (exact) mass is 936 g/mol. The minimum absolute atomic E-state index is 0.0207. The van der Waals surface area contributed by atoms with Gasteiger partial charge in [-0.15, -0.1) is 0 Å². The molecule has 0 unspecified atom stereocenters. The molecule has 18 nitrogen and oxygen atoms in total. The lowest BCUT2D eigenvalue weighted by molar-refractivity contribution is -0.127. The Balaban J connectivity index is 1.53. The summed E-state index contributed by atoms with van der Waals surface area (Å²) in [6, 6.07) is 8.10. The summed E-state index contributed by atoms with van der Waals surface area (Å²) >= 11 is 0. The number of hydrogen-bond donors (Lipinski definition) is 4. The lowest BCUT2D eigenvalue weighted by Gasteiger charge is -2.43. The van der Waals surface area contributed by atoms with Gasteiger partial charge in [0.05, 0.1) is 24.3 Å². The normalized spacial score (nSPS) is 21.9. The van der Waals surface area contributed by atoms with Crippen molar-refractivity contribution in [1.82, 2.24) is 25.1 Å². The number of nitrogens with zero attached hydrogens (tertiary/aromatic N) is 2. The van der Waals surface area contributed by atoms with E-state index in [0.29, 0.717) is 0 Å².